The van der Waals surface area contributed by atoms with Crippen LogP contribution in [0.1, 0.15) is 25.8 Å². The highest BCUT2D eigenvalue weighted by molar-refractivity contribution is 5.95. The molecule has 1 heterocycles. The van der Waals surface area contributed by atoms with E-state index in [4.69, 9.17) is 4.74 Å². The number of amides is 1. The molecule has 1 aliphatic heterocycles. The molecule has 3 heteroatoms. The Hall–Kier alpha value is -1.51. The van der Waals surface area contributed by atoms with Gasteiger partial charge in [-0.3, -0.25) is 4.79 Å². The molecule has 0 saturated carbocycles. The van der Waals surface area contributed by atoms with Crippen LogP contribution >= 0.6 is 0 Å². The van der Waals surface area contributed by atoms with Gasteiger partial charge in [0, 0.05) is 19.2 Å². The molecule has 0 bridgehead atoms. The Kier molecular flexibility index (Phi) is 2.86. The minimum absolute atomic E-state index is 0.181. The van der Waals surface area contributed by atoms with Crippen molar-refractivity contribution in [3.05, 3.63) is 23.8 Å². The lowest BCUT2D eigenvalue weighted by Gasteiger charge is -2.26. The quantitative estimate of drug-likeness (QED) is 0.764. The van der Waals surface area contributed by atoms with Crippen molar-refractivity contribution in [3.63, 3.8) is 0 Å². The average molecular weight is 219 g/mol. The summed E-state index contributed by atoms with van der Waals surface area (Å²) < 4.78 is 5.64. The van der Waals surface area contributed by atoms with Crippen LogP contribution in [0.3, 0.4) is 0 Å². The molecule has 0 aromatic heterocycles. The first-order chi connectivity index (χ1) is 7.58. The highest BCUT2D eigenvalue weighted by atomic mass is 16.5. The molecule has 0 aliphatic carbocycles. The summed E-state index contributed by atoms with van der Waals surface area (Å²) in [6, 6.07) is 5.93. The Labute approximate surface area is 96.0 Å². The number of carbonyl (C=O) groups is 1. The zero-order valence-electron chi connectivity index (χ0n) is 9.99. The largest absolute Gasteiger partial charge is 0.491 e. The minimum atomic E-state index is 0.181. The summed E-state index contributed by atoms with van der Waals surface area (Å²) in [6.45, 7) is 4.02. The lowest BCUT2D eigenvalue weighted by molar-refractivity contribution is -0.118. The molecule has 16 heavy (non-hydrogen) atoms. The number of rotatable bonds is 2. The van der Waals surface area contributed by atoms with E-state index < -0.39 is 0 Å². The third kappa shape index (κ3) is 2.03. The molecule has 2 rings (SSSR count). The van der Waals surface area contributed by atoms with E-state index in [2.05, 4.69) is 0 Å². The number of nitrogens with zero attached hydrogens (tertiary/aromatic N) is 1. The van der Waals surface area contributed by atoms with E-state index in [0.29, 0.717) is 6.42 Å². The first-order valence-corrected chi connectivity index (χ1v) is 5.64. The van der Waals surface area contributed by atoms with Crippen LogP contribution in [0.25, 0.3) is 0 Å². The molecular weight excluding hydrogens is 202 g/mol. The van der Waals surface area contributed by atoms with Crippen molar-refractivity contribution in [1.29, 1.82) is 0 Å². The van der Waals surface area contributed by atoms with Gasteiger partial charge < -0.3 is 9.64 Å². The van der Waals surface area contributed by atoms with Gasteiger partial charge in [0.05, 0.1) is 6.10 Å². The Morgan fingerprint density at radius 1 is 1.31 bits per heavy atom. The van der Waals surface area contributed by atoms with Crippen LogP contribution in [0, 0.1) is 0 Å². The first-order valence-electron chi connectivity index (χ1n) is 5.64. The molecule has 1 aromatic rings. The van der Waals surface area contributed by atoms with Gasteiger partial charge in [-0.15, -0.1) is 0 Å². The van der Waals surface area contributed by atoms with Crippen molar-refractivity contribution in [2.24, 2.45) is 0 Å². The van der Waals surface area contributed by atoms with Crippen molar-refractivity contribution >= 4 is 11.6 Å². The molecule has 1 amide bonds. The zero-order chi connectivity index (χ0) is 11.7. The predicted molar refractivity (Wildman–Crippen MR) is 63.9 cm³/mol. The molecule has 0 spiro atoms. The molecule has 3 nitrogen and oxygen atoms in total. The van der Waals surface area contributed by atoms with Crippen LogP contribution in [0.5, 0.6) is 5.75 Å². The predicted octanol–water partition coefficient (Wildman–Crippen LogP) is 2.38. The lowest BCUT2D eigenvalue weighted by atomic mass is 10.0. The van der Waals surface area contributed by atoms with Gasteiger partial charge in [-0.2, -0.15) is 0 Å². The Morgan fingerprint density at radius 2 is 2.06 bits per heavy atom. The van der Waals surface area contributed by atoms with E-state index in [1.54, 1.807) is 4.90 Å². The van der Waals surface area contributed by atoms with E-state index in [1.165, 1.54) is 5.56 Å². The van der Waals surface area contributed by atoms with E-state index >= 15 is 0 Å². The summed E-state index contributed by atoms with van der Waals surface area (Å²) in [4.78, 5) is 13.2. The fourth-order valence-corrected chi connectivity index (χ4v) is 1.98. The van der Waals surface area contributed by atoms with E-state index in [-0.39, 0.29) is 12.0 Å². The minimum Gasteiger partial charge on any atom is -0.491 e. The SMILES string of the molecule is CC(C)Oc1ccc2c(c1)CCC(=O)N2C. The Balaban J connectivity index is 2.30. The normalized spacial score (nSPS) is 15.2. The fourth-order valence-electron chi connectivity index (χ4n) is 1.98. The maximum atomic E-state index is 11.5. The van der Waals surface area contributed by atoms with Gasteiger partial charge in [-0.1, -0.05) is 0 Å². The molecular formula is C13H17NO2. The second-order valence-electron chi connectivity index (χ2n) is 4.41. The van der Waals surface area contributed by atoms with Crippen LogP contribution in [-0.4, -0.2) is 19.1 Å². The van der Waals surface area contributed by atoms with Crippen LogP contribution < -0.4 is 9.64 Å². The summed E-state index contributed by atoms with van der Waals surface area (Å²) in [7, 11) is 1.82. The van der Waals surface area contributed by atoms with Gasteiger partial charge in [0.25, 0.3) is 0 Å². The molecule has 0 saturated heterocycles. The maximum absolute atomic E-state index is 11.5. The number of ether oxygens (including phenoxy) is 1. The average Bonchev–Trinajstić information content (AvgIpc) is 2.23. The van der Waals surface area contributed by atoms with Gasteiger partial charge >= 0.3 is 0 Å². The van der Waals surface area contributed by atoms with E-state index in [0.717, 1.165) is 17.9 Å². The molecule has 0 fully saturated rings. The topological polar surface area (TPSA) is 29.5 Å². The van der Waals surface area contributed by atoms with Crippen LogP contribution in [0.2, 0.25) is 0 Å². The standard InChI is InChI=1S/C13H17NO2/c1-9(2)16-11-5-6-12-10(8-11)4-7-13(15)14(12)3/h5-6,8-9H,4,7H2,1-3H3. The van der Waals surface area contributed by atoms with Gasteiger partial charge in [0.15, 0.2) is 0 Å². The second kappa shape index (κ2) is 4.16. The molecule has 0 N–H and O–H groups in total. The smallest absolute Gasteiger partial charge is 0.227 e. The van der Waals surface area contributed by atoms with Crippen molar-refractivity contribution in [2.75, 3.05) is 11.9 Å². The van der Waals surface area contributed by atoms with Crippen molar-refractivity contribution < 1.29 is 9.53 Å². The third-order valence-electron chi connectivity index (χ3n) is 2.77. The number of benzene rings is 1. The number of anilines is 1. The highest BCUT2D eigenvalue weighted by Gasteiger charge is 2.20. The van der Waals surface area contributed by atoms with Crippen LogP contribution in [0.4, 0.5) is 5.69 Å². The van der Waals surface area contributed by atoms with Crippen LogP contribution in [0.15, 0.2) is 18.2 Å². The highest BCUT2D eigenvalue weighted by Crippen LogP contribution is 2.30. The van der Waals surface area contributed by atoms with Crippen molar-refractivity contribution in [2.45, 2.75) is 32.8 Å². The van der Waals surface area contributed by atoms with Crippen molar-refractivity contribution in [1.82, 2.24) is 0 Å². The molecule has 1 aromatic carbocycles. The summed E-state index contributed by atoms with van der Waals surface area (Å²) in [5, 5.41) is 0. The van der Waals surface area contributed by atoms with Crippen molar-refractivity contribution in [3.8, 4) is 5.75 Å². The Morgan fingerprint density at radius 3 is 2.75 bits per heavy atom. The number of hydrogen-bond donors (Lipinski definition) is 0. The summed E-state index contributed by atoms with van der Waals surface area (Å²) in [6.07, 6.45) is 1.59. The third-order valence-corrected chi connectivity index (χ3v) is 2.77. The number of hydrogen-bond acceptors (Lipinski definition) is 2. The van der Waals surface area contributed by atoms with Crippen LogP contribution in [-0.2, 0) is 11.2 Å². The number of aryl methyl sites for hydroxylation is 1. The lowest BCUT2D eigenvalue weighted by Crippen LogP contribution is -2.31. The monoisotopic (exact) mass is 219 g/mol. The molecule has 0 atom stereocenters. The molecule has 0 radical (unpaired) electrons. The number of carbonyl (C=O) groups excluding carboxylic acids is 1. The summed E-state index contributed by atoms with van der Waals surface area (Å²) >= 11 is 0. The summed E-state index contributed by atoms with van der Waals surface area (Å²) in [5.74, 6) is 1.07. The van der Waals surface area contributed by atoms with E-state index in [9.17, 15) is 4.79 Å². The van der Waals surface area contributed by atoms with E-state index in [1.807, 2.05) is 39.1 Å². The second-order valence-corrected chi connectivity index (χ2v) is 4.41. The first kappa shape index (κ1) is 11.0. The van der Waals surface area contributed by atoms with Gasteiger partial charge in [-0.25, -0.2) is 0 Å². The molecule has 86 valence electrons. The molecule has 0 unspecified atom stereocenters. The fraction of sp³-hybridized carbons (Fsp3) is 0.462. The van der Waals surface area contributed by atoms with Gasteiger partial charge in [0.1, 0.15) is 5.75 Å². The zero-order valence-corrected chi connectivity index (χ0v) is 9.99. The van der Waals surface area contributed by atoms with Gasteiger partial charge in [-0.05, 0) is 44.0 Å². The summed E-state index contributed by atoms with van der Waals surface area (Å²) in [5.41, 5.74) is 2.20. The molecule has 1 aliphatic rings. The number of fused-ring (bicyclic) bond motifs is 1. The Bertz CT molecular complexity index is 412. The van der Waals surface area contributed by atoms with Gasteiger partial charge in [0.2, 0.25) is 5.91 Å². The maximum Gasteiger partial charge on any atom is 0.227 e.